The van der Waals surface area contributed by atoms with Gasteiger partial charge >= 0.3 is 0 Å². The number of hydrogen-bond donors (Lipinski definition) is 0. The number of halogens is 1. The molecule has 30 heavy (non-hydrogen) atoms. The second-order valence-corrected chi connectivity index (χ2v) is 8.44. The molecule has 0 N–H and O–H groups in total. The lowest BCUT2D eigenvalue weighted by molar-refractivity contribution is 0.304. The molecule has 0 saturated heterocycles. The minimum Gasteiger partial charge on any atom is -0.493 e. The van der Waals surface area contributed by atoms with Crippen molar-refractivity contribution in [1.82, 2.24) is 14.6 Å². The Morgan fingerprint density at radius 1 is 1.10 bits per heavy atom. The van der Waals surface area contributed by atoms with Crippen molar-refractivity contribution in [3.63, 3.8) is 0 Å². The van der Waals surface area contributed by atoms with Crippen LogP contribution in [0.3, 0.4) is 0 Å². The average Bonchev–Trinajstić information content (AvgIpc) is 3.29. The molecule has 4 rings (SSSR count). The van der Waals surface area contributed by atoms with Gasteiger partial charge in [-0.3, -0.25) is 4.79 Å². The molecule has 0 aliphatic carbocycles. The highest BCUT2D eigenvalue weighted by molar-refractivity contribution is 7.15. The molecule has 0 fully saturated rings. The number of ether oxygens (including phenoxy) is 1. The van der Waals surface area contributed by atoms with Gasteiger partial charge in [0.25, 0.3) is 5.56 Å². The second kappa shape index (κ2) is 9.41. The minimum absolute atomic E-state index is 0.180. The van der Waals surface area contributed by atoms with Gasteiger partial charge in [0.15, 0.2) is 5.82 Å². The van der Waals surface area contributed by atoms with Crippen LogP contribution in [-0.2, 0) is 0 Å². The molecule has 2 aromatic heterocycles. The predicted molar refractivity (Wildman–Crippen MR) is 122 cm³/mol. The standard InChI is InChI=1S/C23H22ClN3O2S/c1-2-3-4-7-14-29-19-9-6-5-8-17(19)15-20-22(28)27-23(30-20)25-21(26-27)16-10-12-18(24)13-11-16/h5-6,8-13,15H,2-4,7,14H2,1H3/b20-15-. The molecule has 5 nitrogen and oxygen atoms in total. The highest BCUT2D eigenvalue weighted by Gasteiger charge is 2.12. The third-order valence-electron chi connectivity index (χ3n) is 4.75. The summed E-state index contributed by atoms with van der Waals surface area (Å²) in [5.41, 5.74) is 1.52. The van der Waals surface area contributed by atoms with Gasteiger partial charge in [0.1, 0.15) is 5.75 Å². The normalized spacial score (nSPS) is 12.0. The first-order chi connectivity index (χ1) is 14.7. The first-order valence-corrected chi connectivity index (χ1v) is 11.2. The van der Waals surface area contributed by atoms with Gasteiger partial charge in [0.2, 0.25) is 4.96 Å². The molecular formula is C23H22ClN3O2S. The van der Waals surface area contributed by atoms with Crippen LogP contribution in [0.15, 0.2) is 53.3 Å². The van der Waals surface area contributed by atoms with Crippen LogP contribution in [0, 0.1) is 0 Å². The lowest BCUT2D eigenvalue weighted by Crippen LogP contribution is -2.23. The number of thiazole rings is 1. The summed E-state index contributed by atoms with van der Waals surface area (Å²) < 4.78 is 7.89. The van der Waals surface area contributed by atoms with Gasteiger partial charge < -0.3 is 4.74 Å². The van der Waals surface area contributed by atoms with Crippen LogP contribution in [-0.4, -0.2) is 21.2 Å². The third-order valence-corrected chi connectivity index (χ3v) is 5.96. The van der Waals surface area contributed by atoms with E-state index in [-0.39, 0.29) is 5.56 Å². The summed E-state index contributed by atoms with van der Waals surface area (Å²) in [6.07, 6.45) is 6.46. The van der Waals surface area contributed by atoms with Crippen molar-refractivity contribution in [1.29, 1.82) is 0 Å². The first kappa shape index (κ1) is 20.6. The molecule has 154 valence electrons. The number of hydrogen-bond acceptors (Lipinski definition) is 5. The zero-order chi connectivity index (χ0) is 20.9. The SMILES string of the molecule is CCCCCCOc1ccccc1/C=c1\sc2nc(-c3ccc(Cl)cc3)nn2c1=O. The van der Waals surface area contributed by atoms with E-state index in [2.05, 4.69) is 17.0 Å². The van der Waals surface area contributed by atoms with E-state index in [0.717, 1.165) is 29.7 Å². The summed E-state index contributed by atoms with van der Waals surface area (Å²) >= 11 is 7.26. The molecule has 0 bridgehead atoms. The van der Waals surface area contributed by atoms with Crippen molar-refractivity contribution in [2.24, 2.45) is 0 Å². The largest absolute Gasteiger partial charge is 0.493 e. The molecule has 0 aliphatic heterocycles. The van der Waals surface area contributed by atoms with Crippen LogP contribution in [0.2, 0.25) is 5.02 Å². The highest BCUT2D eigenvalue weighted by atomic mass is 35.5. The number of para-hydroxylation sites is 1. The van der Waals surface area contributed by atoms with E-state index in [4.69, 9.17) is 16.3 Å². The van der Waals surface area contributed by atoms with Crippen LogP contribution in [0.25, 0.3) is 22.4 Å². The van der Waals surface area contributed by atoms with Crippen LogP contribution < -0.4 is 14.8 Å². The lowest BCUT2D eigenvalue weighted by atomic mass is 10.2. The summed E-state index contributed by atoms with van der Waals surface area (Å²) in [7, 11) is 0. The van der Waals surface area contributed by atoms with Crippen molar-refractivity contribution in [2.45, 2.75) is 32.6 Å². The van der Waals surface area contributed by atoms with E-state index in [1.165, 1.54) is 28.7 Å². The smallest absolute Gasteiger partial charge is 0.291 e. The Balaban J connectivity index is 1.61. The molecule has 2 aromatic carbocycles. The third kappa shape index (κ3) is 4.55. The number of nitrogens with zero attached hydrogens (tertiary/aromatic N) is 3. The molecule has 0 radical (unpaired) electrons. The fraction of sp³-hybridized carbons (Fsp3) is 0.261. The fourth-order valence-corrected chi connectivity index (χ4v) is 4.16. The molecule has 0 atom stereocenters. The predicted octanol–water partition coefficient (Wildman–Crippen LogP) is 4.98. The maximum Gasteiger partial charge on any atom is 0.291 e. The van der Waals surface area contributed by atoms with E-state index < -0.39 is 0 Å². The van der Waals surface area contributed by atoms with Crippen LogP contribution in [0.5, 0.6) is 5.75 Å². The average molecular weight is 440 g/mol. The van der Waals surface area contributed by atoms with Crippen molar-refractivity contribution in [3.8, 4) is 17.1 Å². The number of unbranched alkanes of at least 4 members (excludes halogenated alkanes) is 3. The molecule has 0 spiro atoms. The van der Waals surface area contributed by atoms with Crippen LogP contribution >= 0.6 is 22.9 Å². The second-order valence-electron chi connectivity index (χ2n) is 7.00. The van der Waals surface area contributed by atoms with Gasteiger partial charge in [-0.05, 0) is 42.8 Å². The van der Waals surface area contributed by atoms with Gasteiger partial charge in [-0.15, -0.1) is 5.10 Å². The van der Waals surface area contributed by atoms with Gasteiger partial charge in [0.05, 0.1) is 11.1 Å². The maximum absolute atomic E-state index is 12.9. The Labute approximate surface area is 183 Å². The van der Waals surface area contributed by atoms with E-state index in [1.54, 1.807) is 12.1 Å². The van der Waals surface area contributed by atoms with Crippen molar-refractivity contribution >= 4 is 34.0 Å². The minimum atomic E-state index is -0.180. The van der Waals surface area contributed by atoms with Crippen molar-refractivity contribution in [3.05, 3.63) is 74.0 Å². The van der Waals surface area contributed by atoms with Gasteiger partial charge in [0, 0.05) is 16.1 Å². The maximum atomic E-state index is 12.9. The van der Waals surface area contributed by atoms with E-state index in [1.807, 2.05) is 42.5 Å². The Kier molecular flexibility index (Phi) is 6.45. The van der Waals surface area contributed by atoms with Gasteiger partial charge in [-0.2, -0.15) is 9.50 Å². The molecule has 0 saturated carbocycles. The lowest BCUT2D eigenvalue weighted by Gasteiger charge is -2.08. The quantitative estimate of drug-likeness (QED) is 0.363. The first-order valence-electron chi connectivity index (χ1n) is 10.0. The van der Waals surface area contributed by atoms with Crippen LogP contribution in [0.4, 0.5) is 0 Å². The molecule has 0 aliphatic rings. The van der Waals surface area contributed by atoms with Crippen molar-refractivity contribution < 1.29 is 4.74 Å². The molecule has 7 heteroatoms. The van der Waals surface area contributed by atoms with Crippen LogP contribution in [0.1, 0.15) is 38.2 Å². The summed E-state index contributed by atoms with van der Waals surface area (Å²) in [5, 5.41) is 5.03. The zero-order valence-corrected chi connectivity index (χ0v) is 18.2. The van der Waals surface area contributed by atoms with Gasteiger partial charge in [-0.25, -0.2) is 0 Å². The van der Waals surface area contributed by atoms with E-state index in [0.29, 0.717) is 26.9 Å². The highest BCUT2D eigenvalue weighted by Crippen LogP contribution is 2.21. The summed E-state index contributed by atoms with van der Waals surface area (Å²) in [4.78, 5) is 17.9. The Bertz CT molecular complexity index is 1250. The number of fused-ring (bicyclic) bond motifs is 1. The molecule has 4 aromatic rings. The molecular weight excluding hydrogens is 418 g/mol. The zero-order valence-electron chi connectivity index (χ0n) is 16.7. The summed E-state index contributed by atoms with van der Waals surface area (Å²) in [6, 6.07) is 15.0. The van der Waals surface area contributed by atoms with Crippen molar-refractivity contribution in [2.75, 3.05) is 6.61 Å². The Morgan fingerprint density at radius 3 is 2.67 bits per heavy atom. The van der Waals surface area contributed by atoms with E-state index >= 15 is 0 Å². The summed E-state index contributed by atoms with van der Waals surface area (Å²) in [6.45, 7) is 2.87. The summed E-state index contributed by atoms with van der Waals surface area (Å²) in [5.74, 6) is 1.30. The molecule has 0 unspecified atom stereocenters. The van der Waals surface area contributed by atoms with E-state index in [9.17, 15) is 4.79 Å². The number of benzene rings is 2. The number of rotatable bonds is 8. The molecule has 0 amide bonds. The topological polar surface area (TPSA) is 56.5 Å². The fourth-order valence-electron chi connectivity index (χ4n) is 3.14. The number of aromatic nitrogens is 3. The monoisotopic (exact) mass is 439 g/mol. The van der Waals surface area contributed by atoms with Gasteiger partial charge in [-0.1, -0.05) is 67.3 Å². The molecule has 2 heterocycles. The Morgan fingerprint density at radius 2 is 1.90 bits per heavy atom. The Hall–Kier alpha value is -2.70.